The molecule has 0 fully saturated rings. The molecule has 3 heteroatoms. The first kappa shape index (κ1) is 10.1. The number of nitrogens with zero attached hydrogens (tertiary/aromatic N) is 2. The minimum absolute atomic E-state index is 0.432. The highest BCUT2D eigenvalue weighted by Gasteiger charge is 2.11. The summed E-state index contributed by atoms with van der Waals surface area (Å²) in [6, 6.07) is 5.93. The van der Waals surface area contributed by atoms with E-state index < -0.39 is 6.30 Å². The Hall–Kier alpha value is -1.38. The van der Waals surface area contributed by atoms with E-state index in [1.807, 2.05) is 12.1 Å². The fourth-order valence-electron chi connectivity index (χ4n) is 1.88. The van der Waals surface area contributed by atoms with E-state index in [1.165, 1.54) is 17.2 Å². The zero-order chi connectivity index (χ0) is 11.0. The maximum absolute atomic E-state index is 13.2. The Labute approximate surface area is 88.7 Å². The van der Waals surface area contributed by atoms with Crippen LogP contribution in [0, 0.1) is 0 Å². The Balaban J connectivity index is 2.69. The number of aromatic nitrogens is 2. The monoisotopic (exact) mass is 206 g/mol. The molecule has 0 amide bonds. The van der Waals surface area contributed by atoms with E-state index >= 15 is 0 Å². The molecule has 2 nitrogen and oxygen atoms in total. The predicted molar refractivity (Wildman–Crippen MR) is 59.6 cm³/mol. The summed E-state index contributed by atoms with van der Waals surface area (Å²) in [5.41, 5.74) is 2.09. The molecule has 0 bridgehead atoms. The molecule has 80 valence electrons. The van der Waals surface area contributed by atoms with E-state index in [2.05, 4.69) is 25.0 Å². The van der Waals surface area contributed by atoms with Crippen molar-refractivity contribution >= 4 is 10.9 Å². The van der Waals surface area contributed by atoms with Crippen LogP contribution in [0.3, 0.4) is 0 Å². The highest BCUT2D eigenvalue weighted by Crippen LogP contribution is 2.26. The van der Waals surface area contributed by atoms with Crippen molar-refractivity contribution in [1.29, 1.82) is 0 Å². The van der Waals surface area contributed by atoms with Gasteiger partial charge >= 0.3 is 0 Å². The summed E-state index contributed by atoms with van der Waals surface area (Å²) in [5.74, 6) is 0.432. The van der Waals surface area contributed by atoms with E-state index in [0.717, 1.165) is 10.9 Å². The SMILES string of the molecule is CC(C)c1cccc2c1cnn2C(C)F. The Bertz CT molecular complexity index is 471. The minimum Gasteiger partial charge on any atom is -0.231 e. The normalized spacial score (nSPS) is 13.7. The molecule has 1 heterocycles. The van der Waals surface area contributed by atoms with Crippen molar-refractivity contribution in [2.75, 3.05) is 0 Å². The molecule has 0 N–H and O–H groups in total. The molecule has 1 atom stereocenters. The number of benzene rings is 1. The summed E-state index contributed by atoms with van der Waals surface area (Å²) in [4.78, 5) is 0. The zero-order valence-corrected chi connectivity index (χ0v) is 9.24. The molecule has 0 aliphatic rings. The van der Waals surface area contributed by atoms with Crippen LogP contribution < -0.4 is 0 Å². The Morgan fingerprint density at radius 2 is 2.00 bits per heavy atom. The van der Waals surface area contributed by atoms with Crippen LogP contribution in [0.25, 0.3) is 10.9 Å². The van der Waals surface area contributed by atoms with Crippen molar-refractivity contribution in [2.45, 2.75) is 33.0 Å². The van der Waals surface area contributed by atoms with Crippen molar-refractivity contribution in [1.82, 2.24) is 9.78 Å². The third kappa shape index (κ3) is 1.62. The molecule has 0 saturated heterocycles. The maximum atomic E-state index is 13.2. The number of rotatable bonds is 2. The van der Waals surface area contributed by atoms with Gasteiger partial charge in [0.05, 0.1) is 11.7 Å². The van der Waals surface area contributed by atoms with Gasteiger partial charge in [-0.25, -0.2) is 9.07 Å². The van der Waals surface area contributed by atoms with Crippen molar-refractivity contribution in [3.8, 4) is 0 Å². The Kier molecular flexibility index (Phi) is 2.47. The molecule has 2 rings (SSSR count). The van der Waals surface area contributed by atoms with Gasteiger partial charge in [0, 0.05) is 5.39 Å². The molecular weight excluding hydrogens is 191 g/mol. The van der Waals surface area contributed by atoms with E-state index in [-0.39, 0.29) is 0 Å². The highest BCUT2D eigenvalue weighted by molar-refractivity contribution is 5.82. The zero-order valence-electron chi connectivity index (χ0n) is 9.24. The van der Waals surface area contributed by atoms with Crippen molar-refractivity contribution < 1.29 is 4.39 Å². The third-order valence-corrected chi connectivity index (χ3v) is 2.63. The van der Waals surface area contributed by atoms with Crippen LogP contribution in [0.2, 0.25) is 0 Å². The van der Waals surface area contributed by atoms with Crippen LogP contribution in [0.15, 0.2) is 24.4 Å². The lowest BCUT2D eigenvalue weighted by Gasteiger charge is -2.08. The van der Waals surface area contributed by atoms with Crippen LogP contribution in [0.1, 0.15) is 38.5 Å². The Morgan fingerprint density at radius 1 is 1.27 bits per heavy atom. The van der Waals surface area contributed by atoms with Crippen LogP contribution in [-0.4, -0.2) is 9.78 Å². The second kappa shape index (κ2) is 3.65. The first-order valence-electron chi connectivity index (χ1n) is 5.21. The third-order valence-electron chi connectivity index (χ3n) is 2.63. The fraction of sp³-hybridized carbons (Fsp3) is 0.417. The first-order valence-corrected chi connectivity index (χ1v) is 5.21. The summed E-state index contributed by atoms with van der Waals surface area (Å²) >= 11 is 0. The molecular formula is C12H15FN2. The van der Waals surface area contributed by atoms with Gasteiger partial charge in [-0.15, -0.1) is 0 Å². The quantitative estimate of drug-likeness (QED) is 0.733. The molecule has 1 aromatic heterocycles. The lowest BCUT2D eigenvalue weighted by Crippen LogP contribution is -2.00. The Morgan fingerprint density at radius 3 is 2.60 bits per heavy atom. The van der Waals surface area contributed by atoms with Gasteiger partial charge in [-0.1, -0.05) is 26.0 Å². The molecule has 1 unspecified atom stereocenters. The second-order valence-corrected chi connectivity index (χ2v) is 4.10. The fourth-order valence-corrected chi connectivity index (χ4v) is 1.88. The van der Waals surface area contributed by atoms with Crippen molar-refractivity contribution in [3.05, 3.63) is 30.0 Å². The predicted octanol–water partition coefficient (Wildman–Crippen LogP) is 3.65. The van der Waals surface area contributed by atoms with Crippen LogP contribution >= 0.6 is 0 Å². The molecule has 0 spiro atoms. The number of halogens is 1. The van der Waals surface area contributed by atoms with Gasteiger partial charge in [-0.05, 0) is 24.5 Å². The van der Waals surface area contributed by atoms with Gasteiger partial charge in [-0.3, -0.25) is 0 Å². The van der Waals surface area contributed by atoms with Crippen LogP contribution in [-0.2, 0) is 0 Å². The summed E-state index contributed by atoms with van der Waals surface area (Å²) in [6.07, 6.45) is 0.672. The van der Waals surface area contributed by atoms with Gasteiger partial charge in [0.15, 0.2) is 6.30 Å². The van der Waals surface area contributed by atoms with Gasteiger partial charge in [0.1, 0.15) is 0 Å². The standard InChI is InChI=1S/C12H15FN2/c1-8(2)10-5-4-6-12-11(10)7-14-15(12)9(3)13/h4-9H,1-3H3. The number of hydrogen-bond donors (Lipinski definition) is 0. The summed E-state index contributed by atoms with van der Waals surface area (Å²) in [7, 11) is 0. The highest BCUT2D eigenvalue weighted by atomic mass is 19.1. The average molecular weight is 206 g/mol. The smallest absolute Gasteiger partial charge is 0.189 e. The minimum atomic E-state index is -1.08. The number of hydrogen-bond acceptors (Lipinski definition) is 1. The molecule has 2 aromatic rings. The molecule has 0 saturated carbocycles. The first-order chi connectivity index (χ1) is 7.11. The van der Waals surface area contributed by atoms with Crippen LogP contribution in [0.4, 0.5) is 4.39 Å². The van der Waals surface area contributed by atoms with Gasteiger partial charge in [0.2, 0.25) is 0 Å². The van der Waals surface area contributed by atoms with Crippen LogP contribution in [0.5, 0.6) is 0 Å². The maximum Gasteiger partial charge on any atom is 0.189 e. The lowest BCUT2D eigenvalue weighted by atomic mass is 10.00. The van der Waals surface area contributed by atoms with E-state index in [1.54, 1.807) is 6.20 Å². The molecule has 1 aromatic carbocycles. The topological polar surface area (TPSA) is 17.8 Å². The van der Waals surface area contributed by atoms with E-state index in [0.29, 0.717) is 5.92 Å². The van der Waals surface area contributed by atoms with Gasteiger partial charge in [-0.2, -0.15) is 5.10 Å². The van der Waals surface area contributed by atoms with Crippen molar-refractivity contribution in [3.63, 3.8) is 0 Å². The van der Waals surface area contributed by atoms with E-state index in [4.69, 9.17) is 0 Å². The summed E-state index contributed by atoms with van der Waals surface area (Å²) in [6.45, 7) is 5.75. The number of fused-ring (bicyclic) bond motifs is 1. The molecule has 0 aliphatic carbocycles. The lowest BCUT2D eigenvalue weighted by molar-refractivity contribution is 0.253. The number of alkyl halides is 1. The van der Waals surface area contributed by atoms with Gasteiger partial charge < -0.3 is 0 Å². The van der Waals surface area contributed by atoms with E-state index in [9.17, 15) is 4.39 Å². The molecule has 0 aliphatic heterocycles. The van der Waals surface area contributed by atoms with Crippen molar-refractivity contribution in [2.24, 2.45) is 0 Å². The molecule has 0 radical (unpaired) electrons. The summed E-state index contributed by atoms with van der Waals surface area (Å²) in [5, 5.41) is 5.13. The summed E-state index contributed by atoms with van der Waals surface area (Å²) < 4.78 is 14.6. The second-order valence-electron chi connectivity index (χ2n) is 4.10. The largest absolute Gasteiger partial charge is 0.231 e. The molecule has 15 heavy (non-hydrogen) atoms. The van der Waals surface area contributed by atoms with Gasteiger partial charge in [0.25, 0.3) is 0 Å². The average Bonchev–Trinajstić information content (AvgIpc) is 2.59.